The average molecular weight is 257 g/mol. The van der Waals surface area contributed by atoms with Crippen LogP contribution in [0.25, 0.3) is 0 Å². The molecule has 2 amide bonds. The zero-order valence-corrected chi connectivity index (χ0v) is 10.7. The SMILES string of the molecule is C.[CH2-][NH2+]C(CC(C)C)C(=O)N1CCCC1C(N)=O. The topological polar surface area (TPSA) is 80.0 Å². The van der Waals surface area contributed by atoms with Crippen LogP contribution in [0.2, 0.25) is 0 Å². The molecule has 1 saturated heterocycles. The molecule has 0 spiro atoms. The number of hydrogen-bond donors (Lipinski definition) is 2. The predicted molar refractivity (Wildman–Crippen MR) is 71.2 cm³/mol. The van der Waals surface area contributed by atoms with Gasteiger partial charge in [0.05, 0.1) is 0 Å². The van der Waals surface area contributed by atoms with Crippen molar-refractivity contribution in [2.45, 2.75) is 52.6 Å². The third-order valence-electron chi connectivity index (χ3n) is 3.19. The van der Waals surface area contributed by atoms with Gasteiger partial charge in [-0.05, 0) is 18.8 Å². The fourth-order valence-corrected chi connectivity index (χ4v) is 2.35. The Hall–Kier alpha value is -1.10. The first kappa shape index (κ1) is 16.9. The van der Waals surface area contributed by atoms with E-state index in [1.807, 2.05) is 0 Å². The zero-order chi connectivity index (χ0) is 13.0. The van der Waals surface area contributed by atoms with Crippen molar-refractivity contribution in [2.75, 3.05) is 6.54 Å². The molecular weight excluding hydrogens is 230 g/mol. The quantitative estimate of drug-likeness (QED) is 0.673. The second-order valence-electron chi connectivity index (χ2n) is 5.06. The first-order chi connectivity index (χ1) is 7.97. The van der Waals surface area contributed by atoms with Crippen molar-refractivity contribution >= 4 is 11.8 Å². The minimum absolute atomic E-state index is 0. The molecule has 2 unspecified atom stereocenters. The van der Waals surface area contributed by atoms with Gasteiger partial charge in [0, 0.05) is 13.0 Å². The normalized spacial score (nSPS) is 20.7. The molecule has 5 heteroatoms. The summed E-state index contributed by atoms with van der Waals surface area (Å²) in [7, 11) is 3.71. The summed E-state index contributed by atoms with van der Waals surface area (Å²) in [5, 5.41) is 1.68. The number of rotatable bonds is 5. The number of nitrogens with two attached hydrogens (primary N) is 2. The number of nitrogens with zero attached hydrogens (tertiary/aromatic N) is 1. The Balaban J connectivity index is 0.00000289. The summed E-state index contributed by atoms with van der Waals surface area (Å²) in [6, 6.07) is -0.618. The molecule has 1 rings (SSSR count). The van der Waals surface area contributed by atoms with E-state index in [2.05, 4.69) is 20.9 Å². The highest BCUT2D eigenvalue weighted by Gasteiger charge is 2.36. The third-order valence-corrected chi connectivity index (χ3v) is 3.19. The van der Waals surface area contributed by atoms with Crippen LogP contribution >= 0.6 is 0 Å². The van der Waals surface area contributed by atoms with Crippen molar-refractivity contribution in [2.24, 2.45) is 11.7 Å². The number of primary amides is 1. The van der Waals surface area contributed by atoms with Gasteiger partial charge in [0.1, 0.15) is 12.1 Å². The first-order valence-corrected chi connectivity index (χ1v) is 6.19. The van der Waals surface area contributed by atoms with Crippen molar-refractivity contribution in [3.05, 3.63) is 7.05 Å². The van der Waals surface area contributed by atoms with Gasteiger partial charge in [-0.1, -0.05) is 21.3 Å². The predicted octanol–water partition coefficient (Wildman–Crippen LogP) is -0.132. The van der Waals surface area contributed by atoms with Crippen LogP contribution in [0.1, 0.15) is 40.5 Å². The number of carbonyl (C=O) groups is 2. The molecule has 0 bridgehead atoms. The van der Waals surface area contributed by atoms with Gasteiger partial charge in [0.25, 0.3) is 5.91 Å². The van der Waals surface area contributed by atoms with Crippen molar-refractivity contribution in [3.8, 4) is 0 Å². The van der Waals surface area contributed by atoms with Gasteiger partial charge in [-0.3, -0.25) is 9.59 Å². The summed E-state index contributed by atoms with van der Waals surface area (Å²) in [6.45, 7) is 4.77. The molecule has 0 aromatic carbocycles. The summed E-state index contributed by atoms with van der Waals surface area (Å²) >= 11 is 0. The average Bonchev–Trinajstić information content (AvgIpc) is 2.73. The van der Waals surface area contributed by atoms with Gasteiger partial charge in [-0.2, -0.15) is 7.05 Å². The Morgan fingerprint density at radius 1 is 1.50 bits per heavy atom. The van der Waals surface area contributed by atoms with Crippen molar-refractivity contribution in [1.29, 1.82) is 0 Å². The largest absolute Gasteiger partial charge is 0.469 e. The number of carbonyl (C=O) groups excluding carboxylic acids is 2. The zero-order valence-electron chi connectivity index (χ0n) is 10.7. The molecule has 5 nitrogen and oxygen atoms in total. The molecule has 0 radical (unpaired) electrons. The second kappa shape index (κ2) is 7.36. The van der Waals surface area contributed by atoms with E-state index in [9.17, 15) is 9.59 Å². The highest BCUT2D eigenvalue weighted by Crippen LogP contribution is 2.18. The molecule has 0 aliphatic carbocycles. The lowest BCUT2D eigenvalue weighted by atomic mass is 10.0. The van der Waals surface area contributed by atoms with Crippen LogP contribution in [0.5, 0.6) is 0 Å². The van der Waals surface area contributed by atoms with Crippen LogP contribution in [0.3, 0.4) is 0 Å². The lowest BCUT2D eigenvalue weighted by Gasteiger charge is -2.27. The van der Waals surface area contributed by atoms with Gasteiger partial charge in [0.15, 0.2) is 0 Å². The van der Waals surface area contributed by atoms with Crippen molar-refractivity contribution in [1.82, 2.24) is 4.90 Å². The Morgan fingerprint density at radius 2 is 2.11 bits per heavy atom. The first-order valence-electron chi connectivity index (χ1n) is 6.19. The van der Waals surface area contributed by atoms with E-state index < -0.39 is 11.9 Å². The van der Waals surface area contributed by atoms with Crippen molar-refractivity contribution < 1.29 is 14.9 Å². The molecule has 4 N–H and O–H groups in total. The van der Waals surface area contributed by atoms with Crippen LogP contribution < -0.4 is 11.1 Å². The molecule has 0 aromatic heterocycles. The van der Waals surface area contributed by atoms with E-state index >= 15 is 0 Å². The van der Waals surface area contributed by atoms with Crippen LogP contribution in [-0.4, -0.2) is 35.3 Å². The highest BCUT2D eigenvalue weighted by molar-refractivity contribution is 5.88. The molecule has 18 heavy (non-hydrogen) atoms. The monoisotopic (exact) mass is 257 g/mol. The van der Waals surface area contributed by atoms with E-state index in [0.717, 1.165) is 12.8 Å². The van der Waals surface area contributed by atoms with Gasteiger partial charge >= 0.3 is 0 Å². The summed E-state index contributed by atoms with van der Waals surface area (Å²) in [4.78, 5) is 25.1. The molecule has 1 aliphatic heterocycles. The lowest BCUT2D eigenvalue weighted by Crippen LogP contribution is -2.87. The second-order valence-corrected chi connectivity index (χ2v) is 5.06. The van der Waals surface area contributed by atoms with Gasteiger partial charge in [0.2, 0.25) is 5.91 Å². The Labute approximate surface area is 110 Å². The van der Waals surface area contributed by atoms with E-state index in [0.29, 0.717) is 18.9 Å². The van der Waals surface area contributed by atoms with Gasteiger partial charge in [-0.15, -0.1) is 0 Å². The number of quaternary nitrogens is 1. The molecule has 106 valence electrons. The number of likely N-dealkylation sites (tertiary alicyclic amines) is 1. The molecular formula is C13H27N3O2. The van der Waals surface area contributed by atoms with Crippen LogP contribution in [0.15, 0.2) is 0 Å². The van der Waals surface area contributed by atoms with Crippen molar-refractivity contribution in [3.63, 3.8) is 0 Å². The number of amides is 2. The van der Waals surface area contributed by atoms with Crippen LogP contribution in [-0.2, 0) is 9.59 Å². The summed E-state index contributed by atoms with van der Waals surface area (Å²) in [5.41, 5.74) is 5.31. The third kappa shape index (κ3) is 3.98. The molecule has 1 aliphatic rings. The van der Waals surface area contributed by atoms with E-state index in [1.54, 1.807) is 10.2 Å². The molecule has 0 saturated carbocycles. The maximum Gasteiger partial charge on any atom is 0.279 e. The smallest absolute Gasteiger partial charge is 0.279 e. The molecule has 0 aromatic rings. The molecule has 1 fully saturated rings. The Morgan fingerprint density at radius 3 is 2.56 bits per heavy atom. The standard InChI is InChI=1S/C12H23N3O2.CH4/c1-8(2)7-9(14-3)12(17)15-6-4-5-10(15)11(13)16;/h8-10H,3-7,14H2,1-2H3,(H2,13,16);1H4. The van der Waals surface area contributed by atoms with E-state index in [-0.39, 0.29) is 19.4 Å². The van der Waals surface area contributed by atoms with Gasteiger partial charge in [-0.25, -0.2) is 0 Å². The maximum absolute atomic E-state index is 12.3. The minimum Gasteiger partial charge on any atom is -0.469 e. The summed E-state index contributed by atoms with van der Waals surface area (Å²) in [6.07, 6.45) is 2.31. The van der Waals surface area contributed by atoms with Crippen LogP contribution in [0.4, 0.5) is 0 Å². The summed E-state index contributed by atoms with van der Waals surface area (Å²) in [5.74, 6) is 0.0230. The van der Waals surface area contributed by atoms with Crippen LogP contribution in [0, 0.1) is 13.0 Å². The Bertz CT molecular complexity index is 292. The lowest BCUT2D eigenvalue weighted by molar-refractivity contribution is -0.622. The highest BCUT2D eigenvalue weighted by atomic mass is 16.2. The van der Waals surface area contributed by atoms with E-state index in [1.165, 1.54) is 0 Å². The summed E-state index contributed by atoms with van der Waals surface area (Å²) < 4.78 is 0. The van der Waals surface area contributed by atoms with E-state index in [4.69, 9.17) is 5.73 Å². The maximum atomic E-state index is 12.3. The molecule has 2 atom stereocenters. The Kier molecular flexibility index (Phi) is 6.91. The molecule has 1 heterocycles. The fourth-order valence-electron chi connectivity index (χ4n) is 2.35. The fraction of sp³-hybridized carbons (Fsp3) is 0.769. The minimum atomic E-state index is -0.419. The van der Waals surface area contributed by atoms with Gasteiger partial charge < -0.3 is 16.0 Å². The number of hydrogen-bond acceptors (Lipinski definition) is 2.